The van der Waals surface area contributed by atoms with Gasteiger partial charge in [-0.05, 0) is 26.0 Å². The van der Waals surface area contributed by atoms with Crippen LogP contribution in [0, 0.1) is 13.8 Å². The summed E-state index contributed by atoms with van der Waals surface area (Å²) in [6.07, 6.45) is 3.42. The molecule has 0 amide bonds. The highest BCUT2D eigenvalue weighted by Gasteiger charge is 2.03. The van der Waals surface area contributed by atoms with Gasteiger partial charge in [0.15, 0.2) is 11.6 Å². The third kappa shape index (κ3) is 1.74. The van der Waals surface area contributed by atoms with Crippen LogP contribution in [0.4, 0.5) is 0 Å². The molecule has 0 aromatic carbocycles. The molecule has 2 aromatic rings. The number of aryl methyl sites for hydroxylation is 2. The lowest BCUT2D eigenvalue weighted by molar-refractivity contribution is 1.03. The summed E-state index contributed by atoms with van der Waals surface area (Å²) in [5, 5.41) is 0. The predicted molar refractivity (Wildman–Crippen MR) is 52.5 cm³/mol. The lowest BCUT2D eigenvalue weighted by atomic mass is 10.4. The maximum atomic E-state index is 4.25. The first-order valence-corrected chi connectivity index (χ1v) is 4.35. The number of aromatic nitrogens is 4. The van der Waals surface area contributed by atoms with E-state index in [0.717, 1.165) is 11.4 Å². The average molecular weight is 186 g/mol. The Kier molecular flexibility index (Phi) is 2.18. The molecule has 14 heavy (non-hydrogen) atoms. The molecule has 0 bridgehead atoms. The molecule has 0 aliphatic carbocycles. The van der Waals surface area contributed by atoms with Crippen LogP contribution < -0.4 is 0 Å². The molecule has 0 fully saturated rings. The molecule has 0 saturated carbocycles. The minimum absolute atomic E-state index is 0.578. The SMILES string of the molecule is Cc1ccnc(-c2nccc(C)n2)n1. The fourth-order valence-electron chi connectivity index (χ4n) is 1.11. The molecule has 2 aromatic heterocycles. The van der Waals surface area contributed by atoms with Crippen molar-refractivity contribution in [3.8, 4) is 11.6 Å². The monoisotopic (exact) mass is 186 g/mol. The fraction of sp³-hybridized carbons (Fsp3) is 0.200. The van der Waals surface area contributed by atoms with Crippen molar-refractivity contribution in [2.45, 2.75) is 13.8 Å². The largest absolute Gasteiger partial charge is 0.234 e. The van der Waals surface area contributed by atoms with E-state index in [1.54, 1.807) is 12.4 Å². The van der Waals surface area contributed by atoms with Crippen LogP contribution in [0.3, 0.4) is 0 Å². The fourth-order valence-corrected chi connectivity index (χ4v) is 1.11. The van der Waals surface area contributed by atoms with Crippen molar-refractivity contribution in [3.63, 3.8) is 0 Å². The molecule has 0 saturated heterocycles. The van der Waals surface area contributed by atoms with Gasteiger partial charge in [-0.2, -0.15) is 0 Å². The van der Waals surface area contributed by atoms with Crippen LogP contribution in [0.15, 0.2) is 24.5 Å². The molecule has 0 N–H and O–H groups in total. The van der Waals surface area contributed by atoms with Crippen LogP contribution in [0.5, 0.6) is 0 Å². The van der Waals surface area contributed by atoms with Crippen LogP contribution in [0.25, 0.3) is 11.6 Å². The van der Waals surface area contributed by atoms with Gasteiger partial charge in [-0.1, -0.05) is 0 Å². The third-order valence-electron chi connectivity index (χ3n) is 1.79. The van der Waals surface area contributed by atoms with Gasteiger partial charge in [0.1, 0.15) is 0 Å². The van der Waals surface area contributed by atoms with E-state index < -0.39 is 0 Å². The summed E-state index contributed by atoms with van der Waals surface area (Å²) in [5.41, 5.74) is 1.83. The molecule has 0 aliphatic rings. The predicted octanol–water partition coefficient (Wildman–Crippen LogP) is 1.55. The van der Waals surface area contributed by atoms with Gasteiger partial charge in [-0.15, -0.1) is 0 Å². The standard InChI is InChI=1S/C10H10N4/c1-7-3-5-11-9(13-7)10-12-6-4-8(2)14-10/h3-6H,1-2H3. The maximum absolute atomic E-state index is 4.25. The van der Waals surface area contributed by atoms with Crippen molar-refractivity contribution in [1.29, 1.82) is 0 Å². The molecule has 0 unspecified atom stereocenters. The second-order valence-corrected chi connectivity index (χ2v) is 3.04. The summed E-state index contributed by atoms with van der Waals surface area (Å²) in [6.45, 7) is 3.84. The van der Waals surface area contributed by atoms with Crippen LogP contribution in [-0.4, -0.2) is 19.9 Å². The van der Waals surface area contributed by atoms with Crippen molar-refractivity contribution in [3.05, 3.63) is 35.9 Å². The van der Waals surface area contributed by atoms with Crippen molar-refractivity contribution in [2.24, 2.45) is 0 Å². The summed E-state index contributed by atoms with van der Waals surface area (Å²) in [4.78, 5) is 16.7. The summed E-state index contributed by atoms with van der Waals surface area (Å²) in [5.74, 6) is 1.16. The lowest BCUT2D eigenvalue weighted by Gasteiger charge is -1.99. The Bertz CT molecular complexity index is 410. The zero-order chi connectivity index (χ0) is 9.97. The first-order valence-electron chi connectivity index (χ1n) is 4.35. The third-order valence-corrected chi connectivity index (χ3v) is 1.79. The summed E-state index contributed by atoms with van der Waals surface area (Å²) in [7, 11) is 0. The molecule has 2 rings (SSSR count). The first kappa shape index (κ1) is 8.74. The zero-order valence-corrected chi connectivity index (χ0v) is 8.10. The average Bonchev–Trinajstić information content (AvgIpc) is 2.18. The van der Waals surface area contributed by atoms with E-state index in [2.05, 4.69) is 19.9 Å². The molecule has 0 spiro atoms. The Labute approximate surface area is 82.1 Å². The van der Waals surface area contributed by atoms with Crippen molar-refractivity contribution in [2.75, 3.05) is 0 Å². The van der Waals surface area contributed by atoms with E-state index in [9.17, 15) is 0 Å². The zero-order valence-electron chi connectivity index (χ0n) is 8.10. The quantitative estimate of drug-likeness (QED) is 0.678. The molecular formula is C10H10N4. The van der Waals surface area contributed by atoms with Crippen LogP contribution in [0.1, 0.15) is 11.4 Å². The number of hydrogen-bond donors (Lipinski definition) is 0. The van der Waals surface area contributed by atoms with E-state index >= 15 is 0 Å². The smallest absolute Gasteiger partial charge is 0.197 e. The second kappa shape index (κ2) is 3.49. The van der Waals surface area contributed by atoms with E-state index in [1.807, 2.05) is 26.0 Å². The molecule has 0 aliphatic heterocycles. The second-order valence-electron chi connectivity index (χ2n) is 3.04. The summed E-state index contributed by atoms with van der Waals surface area (Å²) in [6, 6.07) is 3.69. The molecule has 4 heteroatoms. The van der Waals surface area contributed by atoms with Crippen LogP contribution >= 0.6 is 0 Å². The van der Waals surface area contributed by atoms with Gasteiger partial charge in [0.25, 0.3) is 0 Å². The normalized spacial score (nSPS) is 10.1. The van der Waals surface area contributed by atoms with Gasteiger partial charge in [0, 0.05) is 23.8 Å². The van der Waals surface area contributed by atoms with Crippen molar-refractivity contribution < 1.29 is 0 Å². The van der Waals surface area contributed by atoms with Crippen molar-refractivity contribution >= 4 is 0 Å². The van der Waals surface area contributed by atoms with Gasteiger partial charge in [-0.25, -0.2) is 19.9 Å². The Morgan fingerprint density at radius 2 is 1.21 bits per heavy atom. The molecule has 0 atom stereocenters. The molecule has 0 radical (unpaired) electrons. The number of rotatable bonds is 1. The molecular weight excluding hydrogens is 176 g/mol. The first-order chi connectivity index (χ1) is 6.75. The van der Waals surface area contributed by atoms with Gasteiger partial charge >= 0.3 is 0 Å². The summed E-state index contributed by atoms with van der Waals surface area (Å²) >= 11 is 0. The van der Waals surface area contributed by atoms with Crippen molar-refractivity contribution in [1.82, 2.24) is 19.9 Å². The Balaban J connectivity index is 2.49. The van der Waals surface area contributed by atoms with E-state index in [0.29, 0.717) is 11.6 Å². The lowest BCUT2D eigenvalue weighted by Crippen LogP contribution is -1.96. The van der Waals surface area contributed by atoms with Crippen LogP contribution in [0.2, 0.25) is 0 Å². The van der Waals surface area contributed by atoms with E-state index in [-0.39, 0.29) is 0 Å². The van der Waals surface area contributed by atoms with Gasteiger partial charge in [0.2, 0.25) is 0 Å². The minimum atomic E-state index is 0.578. The highest BCUT2D eigenvalue weighted by molar-refractivity contribution is 5.42. The highest BCUT2D eigenvalue weighted by Crippen LogP contribution is 2.08. The van der Waals surface area contributed by atoms with Gasteiger partial charge in [0.05, 0.1) is 0 Å². The van der Waals surface area contributed by atoms with E-state index in [4.69, 9.17) is 0 Å². The van der Waals surface area contributed by atoms with Gasteiger partial charge < -0.3 is 0 Å². The van der Waals surface area contributed by atoms with E-state index in [1.165, 1.54) is 0 Å². The Morgan fingerprint density at radius 1 is 0.786 bits per heavy atom. The number of nitrogens with zero attached hydrogens (tertiary/aromatic N) is 4. The molecule has 4 nitrogen and oxygen atoms in total. The molecule has 70 valence electrons. The maximum Gasteiger partial charge on any atom is 0.197 e. The Morgan fingerprint density at radius 3 is 1.57 bits per heavy atom. The summed E-state index contributed by atoms with van der Waals surface area (Å²) < 4.78 is 0. The molecule has 2 heterocycles. The highest BCUT2D eigenvalue weighted by atomic mass is 15.0. The number of hydrogen-bond acceptors (Lipinski definition) is 4. The van der Waals surface area contributed by atoms with Crippen LogP contribution in [-0.2, 0) is 0 Å². The Hall–Kier alpha value is -1.84. The minimum Gasteiger partial charge on any atom is -0.234 e. The topological polar surface area (TPSA) is 51.6 Å². The van der Waals surface area contributed by atoms with Gasteiger partial charge in [-0.3, -0.25) is 0 Å².